The number of imide groups is 1. The van der Waals surface area contributed by atoms with Crippen LogP contribution in [0.1, 0.15) is 31.1 Å². The van der Waals surface area contributed by atoms with Crippen molar-refractivity contribution in [2.24, 2.45) is 0 Å². The van der Waals surface area contributed by atoms with Gasteiger partial charge in [-0.1, -0.05) is 0 Å². The number of hydrogen-bond donors (Lipinski definition) is 2. The fraction of sp³-hybridized carbons (Fsp3) is 0. The number of aromatic carboxylic acids is 1. The summed E-state index contributed by atoms with van der Waals surface area (Å²) in [6, 6.07) is 2.51. The Hall–Kier alpha value is -1.69. The van der Waals surface area contributed by atoms with Crippen molar-refractivity contribution >= 4 is 33.7 Å². The fourth-order valence-corrected chi connectivity index (χ4v) is 1.86. The van der Waals surface area contributed by atoms with Crippen LogP contribution in [0.2, 0.25) is 0 Å². The number of carbonyl (C=O) groups excluding carboxylic acids is 2. The molecule has 0 saturated carbocycles. The van der Waals surface area contributed by atoms with E-state index in [1.807, 2.05) is 0 Å². The zero-order valence-electron chi connectivity index (χ0n) is 7.20. The maximum atomic E-state index is 11.2. The first-order valence-corrected chi connectivity index (χ1v) is 4.72. The Bertz CT molecular complexity index is 509. The number of carbonyl (C=O) groups is 3. The molecule has 0 atom stereocenters. The lowest BCUT2D eigenvalue weighted by Crippen LogP contribution is -2.19. The van der Waals surface area contributed by atoms with Crippen molar-refractivity contribution in [3.63, 3.8) is 0 Å². The highest BCUT2D eigenvalue weighted by Gasteiger charge is 2.28. The second kappa shape index (κ2) is 3.16. The van der Waals surface area contributed by atoms with E-state index in [1.165, 1.54) is 12.1 Å². The van der Waals surface area contributed by atoms with Crippen molar-refractivity contribution in [3.8, 4) is 0 Å². The van der Waals surface area contributed by atoms with Crippen LogP contribution in [0.25, 0.3) is 0 Å². The van der Waals surface area contributed by atoms with Gasteiger partial charge in [-0.15, -0.1) is 0 Å². The number of rotatable bonds is 1. The van der Waals surface area contributed by atoms with Gasteiger partial charge in [0.15, 0.2) is 0 Å². The largest absolute Gasteiger partial charge is 0.478 e. The van der Waals surface area contributed by atoms with Crippen LogP contribution in [0.3, 0.4) is 0 Å². The number of hydrogen-bond acceptors (Lipinski definition) is 3. The molecule has 1 heterocycles. The van der Waals surface area contributed by atoms with E-state index in [2.05, 4.69) is 21.2 Å². The molecule has 1 aromatic rings. The molecule has 5 nitrogen and oxygen atoms in total. The Balaban J connectivity index is 2.70. The first-order chi connectivity index (χ1) is 7.00. The van der Waals surface area contributed by atoms with Crippen molar-refractivity contribution in [1.29, 1.82) is 0 Å². The van der Waals surface area contributed by atoms with E-state index < -0.39 is 17.8 Å². The smallest absolute Gasteiger partial charge is 0.336 e. The van der Waals surface area contributed by atoms with Crippen molar-refractivity contribution in [2.75, 3.05) is 0 Å². The minimum Gasteiger partial charge on any atom is -0.478 e. The molecule has 6 heteroatoms. The number of halogens is 1. The summed E-state index contributed by atoms with van der Waals surface area (Å²) in [5.74, 6) is -2.23. The Labute approximate surface area is 92.2 Å². The molecule has 1 aliphatic rings. The van der Waals surface area contributed by atoms with E-state index in [9.17, 15) is 14.4 Å². The average Bonchev–Trinajstić information content (AvgIpc) is 2.41. The Morgan fingerprint density at radius 3 is 2.27 bits per heavy atom. The molecular formula is C9H4BrNO4. The van der Waals surface area contributed by atoms with Gasteiger partial charge in [0.1, 0.15) is 0 Å². The molecule has 0 aliphatic carbocycles. The summed E-state index contributed by atoms with van der Waals surface area (Å²) in [5, 5.41) is 10.9. The summed E-state index contributed by atoms with van der Waals surface area (Å²) in [7, 11) is 0. The van der Waals surface area contributed by atoms with E-state index in [0.717, 1.165) is 0 Å². The highest BCUT2D eigenvalue weighted by Crippen LogP contribution is 2.25. The molecule has 0 aromatic heterocycles. The normalized spacial score (nSPS) is 13.7. The molecule has 15 heavy (non-hydrogen) atoms. The van der Waals surface area contributed by atoms with E-state index in [0.29, 0.717) is 0 Å². The standard InChI is InChI=1S/C9H4BrNO4/c10-6-2-4-3(1-5(6)9(14)15)7(12)11-8(4)13/h1-2H,(H,14,15)(H,11,12,13). The van der Waals surface area contributed by atoms with E-state index in [-0.39, 0.29) is 21.2 Å². The molecular weight excluding hydrogens is 266 g/mol. The van der Waals surface area contributed by atoms with Gasteiger partial charge < -0.3 is 5.11 Å². The van der Waals surface area contributed by atoms with Gasteiger partial charge in [-0.2, -0.15) is 0 Å². The molecule has 2 amide bonds. The lowest BCUT2D eigenvalue weighted by molar-refractivity contribution is 0.0695. The third-order valence-electron chi connectivity index (χ3n) is 2.05. The van der Waals surface area contributed by atoms with Crippen LogP contribution < -0.4 is 5.32 Å². The number of benzene rings is 1. The SMILES string of the molecule is O=C(O)c1cc2c(cc1Br)C(=O)NC2=O. The van der Waals surface area contributed by atoms with E-state index in [4.69, 9.17) is 5.11 Å². The molecule has 0 fully saturated rings. The van der Waals surface area contributed by atoms with Crippen LogP contribution in [-0.4, -0.2) is 22.9 Å². The number of nitrogens with one attached hydrogen (secondary N) is 1. The van der Waals surface area contributed by atoms with Gasteiger partial charge in [0.25, 0.3) is 11.8 Å². The Kier molecular flexibility index (Phi) is 2.08. The first-order valence-electron chi connectivity index (χ1n) is 3.93. The lowest BCUT2D eigenvalue weighted by Gasteiger charge is -2.00. The van der Waals surface area contributed by atoms with Gasteiger partial charge in [0.05, 0.1) is 16.7 Å². The highest BCUT2D eigenvalue weighted by molar-refractivity contribution is 9.10. The second-order valence-electron chi connectivity index (χ2n) is 2.97. The van der Waals surface area contributed by atoms with Gasteiger partial charge in [-0.25, -0.2) is 4.79 Å². The maximum absolute atomic E-state index is 11.2. The Morgan fingerprint density at radius 1 is 1.20 bits per heavy atom. The summed E-state index contributed by atoms with van der Waals surface area (Å²) in [6.07, 6.45) is 0. The number of carboxylic acids is 1. The minimum absolute atomic E-state index is 0.0430. The maximum Gasteiger partial charge on any atom is 0.336 e. The van der Waals surface area contributed by atoms with Crippen LogP contribution in [0, 0.1) is 0 Å². The molecule has 2 N–H and O–H groups in total. The van der Waals surface area contributed by atoms with Crippen molar-refractivity contribution < 1.29 is 19.5 Å². The first kappa shape index (κ1) is 9.85. The zero-order valence-corrected chi connectivity index (χ0v) is 8.79. The fourth-order valence-electron chi connectivity index (χ4n) is 1.35. The van der Waals surface area contributed by atoms with Crippen molar-refractivity contribution in [2.45, 2.75) is 0 Å². The van der Waals surface area contributed by atoms with Crippen molar-refractivity contribution in [3.05, 3.63) is 33.3 Å². The Morgan fingerprint density at radius 2 is 1.73 bits per heavy atom. The summed E-state index contributed by atoms with van der Waals surface area (Å²) in [6.45, 7) is 0. The summed E-state index contributed by atoms with van der Waals surface area (Å²) in [5.41, 5.74) is 0.246. The molecule has 76 valence electrons. The van der Waals surface area contributed by atoms with Crippen LogP contribution in [0.15, 0.2) is 16.6 Å². The van der Waals surface area contributed by atoms with Gasteiger partial charge in [-0.3, -0.25) is 14.9 Å². The predicted molar refractivity (Wildman–Crippen MR) is 52.9 cm³/mol. The summed E-state index contributed by atoms with van der Waals surface area (Å²) >= 11 is 3.03. The predicted octanol–water partition coefficient (Wildman–Crippen LogP) is 1.03. The topological polar surface area (TPSA) is 83.5 Å². The third kappa shape index (κ3) is 1.42. The number of fused-ring (bicyclic) bond motifs is 1. The monoisotopic (exact) mass is 269 g/mol. The highest BCUT2D eigenvalue weighted by atomic mass is 79.9. The van der Waals surface area contributed by atoms with E-state index in [1.54, 1.807) is 0 Å². The lowest BCUT2D eigenvalue weighted by atomic mass is 10.1. The molecule has 1 aliphatic heterocycles. The molecule has 2 rings (SSSR count). The molecule has 0 saturated heterocycles. The number of carboxylic acid groups (broad SMARTS) is 1. The third-order valence-corrected chi connectivity index (χ3v) is 2.71. The van der Waals surface area contributed by atoms with Crippen LogP contribution in [0.4, 0.5) is 0 Å². The second-order valence-corrected chi connectivity index (χ2v) is 3.82. The summed E-state index contributed by atoms with van der Waals surface area (Å²) in [4.78, 5) is 33.2. The van der Waals surface area contributed by atoms with Crippen LogP contribution in [-0.2, 0) is 0 Å². The van der Waals surface area contributed by atoms with Crippen LogP contribution >= 0.6 is 15.9 Å². The van der Waals surface area contributed by atoms with Gasteiger partial charge in [-0.05, 0) is 28.1 Å². The minimum atomic E-state index is -1.16. The molecule has 1 aromatic carbocycles. The van der Waals surface area contributed by atoms with Crippen molar-refractivity contribution in [1.82, 2.24) is 5.32 Å². The van der Waals surface area contributed by atoms with Crippen LogP contribution in [0.5, 0.6) is 0 Å². The average molecular weight is 270 g/mol. The molecule has 0 bridgehead atoms. The molecule has 0 unspecified atom stereocenters. The van der Waals surface area contributed by atoms with Gasteiger partial charge >= 0.3 is 5.97 Å². The zero-order chi connectivity index (χ0) is 11.2. The van der Waals surface area contributed by atoms with E-state index >= 15 is 0 Å². The quantitative estimate of drug-likeness (QED) is 0.746. The number of amides is 2. The molecule has 0 spiro atoms. The molecule has 0 radical (unpaired) electrons. The van der Waals surface area contributed by atoms with Gasteiger partial charge in [0, 0.05) is 4.47 Å². The van der Waals surface area contributed by atoms with Gasteiger partial charge in [0.2, 0.25) is 0 Å². The summed E-state index contributed by atoms with van der Waals surface area (Å²) < 4.78 is 0.276.